The third-order valence-electron chi connectivity index (χ3n) is 5.25. The molecule has 2 aromatic carbocycles. The average Bonchev–Trinajstić information content (AvgIpc) is 3.27. The molecule has 4 aromatic rings. The molecule has 2 aromatic heterocycles. The summed E-state index contributed by atoms with van der Waals surface area (Å²) < 4.78 is 24.1. The van der Waals surface area contributed by atoms with Crippen LogP contribution in [-0.4, -0.2) is 26.8 Å². The predicted octanol–water partition coefficient (Wildman–Crippen LogP) is 4.19. The van der Waals surface area contributed by atoms with Crippen molar-refractivity contribution in [2.75, 3.05) is 12.1 Å². The quantitative estimate of drug-likeness (QED) is 0.431. The molecule has 166 valence electrons. The van der Waals surface area contributed by atoms with E-state index in [4.69, 9.17) is 21.7 Å². The Bertz CT molecular complexity index is 1380. The Morgan fingerprint density at radius 2 is 1.91 bits per heavy atom. The lowest BCUT2D eigenvalue weighted by atomic mass is 10.1. The first-order chi connectivity index (χ1) is 16.0. The highest BCUT2D eigenvalue weighted by Crippen LogP contribution is 2.35. The lowest BCUT2D eigenvalue weighted by Crippen LogP contribution is -2.35. The first-order valence-electron chi connectivity index (χ1n) is 10.2. The summed E-state index contributed by atoms with van der Waals surface area (Å²) in [5, 5.41) is 4.35. The molecule has 0 amide bonds. The lowest BCUT2D eigenvalue weighted by Gasteiger charge is -2.26. The zero-order valence-corrected chi connectivity index (χ0v) is 18.2. The van der Waals surface area contributed by atoms with E-state index < -0.39 is 0 Å². The summed E-state index contributed by atoms with van der Waals surface area (Å²) in [5.74, 6) is 0.914. The molecule has 5 rings (SSSR count). The third kappa shape index (κ3) is 4.63. The molecule has 9 heteroatoms. The molecule has 7 nitrogen and oxygen atoms in total. The molecular weight excluding hydrogens is 443 g/mol. The van der Waals surface area contributed by atoms with Crippen LogP contribution in [-0.2, 0) is 13.1 Å². The zero-order chi connectivity index (χ0) is 22.8. The molecule has 1 aliphatic heterocycles. The van der Waals surface area contributed by atoms with Crippen molar-refractivity contribution in [3.63, 3.8) is 0 Å². The fourth-order valence-electron chi connectivity index (χ4n) is 3.61. The van der Waals surface area contributed by atoms with Gasteiger partial charge in [-0.15, -0.1) is 0 Å². The van der Waals surface area contributed by atoms with Gasteiger partial charge in [-0.3, -0.25) is 9.78 Å². The van der Waals surface area contributed by atoms with Crippen LogP contribution < -0.4 is 20.3 Å². The van der Waals surface area contributed by atoms with Gasteiger partial charge in [0.2, 0.25) is 6.79 Å². The standard InChI is InChI=1S/C24H19FN4O3S/c25-18-3-5-19(6-4-18)27-24(33)29(12-15-2-1-7-26-11-15)13-17-8-16-9-21-22(32-14-31-21)10-20(16)28-23(17)30/h1-11H,12-14H2,(H,27,33)(H,28,30). The van der Waals surface area contributed by atoms with Gasteiger partial charge in [0, 0.05) is 41.6 Å². The number of nitrogens with one attached hydrogen (secondary N) is 2. The van der Waals surface area contributed by atoms with Crippen molar-refractivity contribution in [2.45, 2.75) is 13.1 Å². The third-order valence-corrected chi connectivity index (χ3v) is 5.61. The number of benzene rings is 2. The molecular formula is C24H19FN4O3S. The Balaban J connectivity index is 1.45. The maximum atomic E-state index is 13.3. The van der Waals surface area contributed by atoms with Gasteiger partial charge in [-0.05, 0) is 60.2 Å². The van der Waals surface area contributed by atoms with Crippen LogP contribution in [0.4, 0.5) is 10.1 Å². The summed E-state index contributed by atoms with van der Waals surface area (Å²) in [6.45, 7) is 0.839. The molecule has 0 atom stereocenters. The van der Waals surface area contributed by atoms with Crippen molar-refractivity contribution < 1.29 is 13.9 Å². The minimum atomic E-state index is -0.331. The monoisotopic (exact) mass is 462 g/mol. The molecule has 33 heavy (non-hydrogen) atoms. The summed E-state index contributed by atoms with van der Waals surface area (Å²) in [5.41, 5.74) is 2.56. The molecule has 0 radical (unpaired) electrons. The van der Waals surface area contributed by atoms with Gasteiger partial charge < -0.3 is 24.7 Å². The fraction of sp³-hybridized carbons (Fsp3) is 0.125. The van der Waals surface area contributed by atoms with E-state index in [9.17, 15) is 9.18 Å². The highest BCUT2D eigenvalue weighted by Gasteiger charge is 2.18. The number of halogens is 1. The Kier molecular flexibility index (Phi) is 5.62. The van der Waals surface area contributed by atoms with E-state index in [0.29, 0.717) is 39.9 Å². The van der Waals surface area contributed by atoms with Crippen LogP contribution in [0.5, 0.6) is 11.5 Å². The molecule has 0 unspecified atom stereocenters. The Labute approximate surface area is 193 Å². The molecule has 0 bridgehead atoms. The molecule has 1 aliphatic rings. The van der Waals surface area contributed by atoms with Gasteiger partial charge in [0.15, 0.2) is 16.6 Å². The summed E-state index contributed by atoms with van der Waals surface area (Å²) in [6.07, 6.45) is 3.44. The van der Waals surface area contributed by atoms with Crippen molar-refractivity contribution >= 4 is 33.9 Å². The fourth-order valence-corrected chi connectivity index (χ4v) is 3.86. The summed E-state index contributed by atoms with van der Waals surface area (Å²) in [7, 11) is 0. The Morgan fingerprint density at radius 3 is 2.67 bits per heavy atom. The minimum Gasteiger partial charge on any atom is -0.454 e. The zero-order valence-electron chi connectivity index (χ0n) is 17.4. The van der Waals surface area contributed by atoms with Crippen LogP contribution in [0.15, 0.2) is 71.8 Å². The number of H-pyrrole nitrogens is 1. The van der Waals surface area contributed by atoms with E-state index >= 15 is 0 Å². The highest BCUT2D eigenvalue weighted by atomic mass is 32.1. The van der Waals surface area contributed by atoms with E-state index in [2.05, 4.69) is 15.3 Å². The molecule has 0 spiro atoms. The van der Waals surface area contributed by atoms with E-state index in [1.165, 1.54) is 12.1 Å². The summed E-state index contributed by atoms with van der Waals surface area (Å²) >= 11 is 5.64. The molecule has 0 fully saturated rings. The van der Waals surface area contributed by atoms with E-state index in [1.807, 2.05) is 29.2 Å². The number of pyridine rings is 2. The molecule has 0 saturated carbocycles. The van der Waals surface area contributed by atoms with Gasteiger partial charge in [0.1, 0.15) is 5.82 Å². The number of rotatable bonds is 5. The molecule has 3 heterocycles. The minimum absolute atomic E-state index is 0.158. The number of nitrogens with zero attached hydrogens (tertiary/aromatic N) is 2. The number of anilines is 1. The van der Waals surface area contributed by atoms with Gasteiger partial charge in [0.05, 0.1) is 12.1 Å². The van der Waals surface area contributed by atoms with Crippen LogP contribution in [0.25, 0.3) is 10.9 Å². The van der Waals surface area contributed by atoms with Crippen LogP contribution in [0.1, 0.15) is 11.1 Å². The van der Waals surface area contributed by atoms with Crippen LogP contribution in [0, 0.1) is 5.82 Å². The number of aromatic amines is 1. The maximum Gasteiger partial charge on any atom is 0.253 e. The second-order valence-electron chi connectivity index (χ2n) is 7.57. The molecule has 2 N–H and O–H groups in total. The van der Waals surface area contributed by atoms with Crippen LogP contribution in [0.3, 0.4) is 0 Å². The lowest BCUT2D eigenvalue weighted by molar-refractivity contribution is 0.174. The van der Waals surface area contributed by atoms with Crippen molar-refractivity contribution in [1.29, 1.82) is 0 Å². The topological polar surface area (TPSA) is 79.5 Å². The van der Waals surface area contributed by atoms with Crippen LogP contribution in [0.2, 0.25) is 0 Å². The van der Waals surface area contributed by atoms with Crippen molar-refractivity contribution in [3.05, 3.63) is 94.3 Å². The number of hydrogen-bond acceptors (Lipinski definition) is 5. The second-order valence-corrected chi connectivity index (χ2v) is 7.96. The first kappa shape index (κ1) is 20.9. The van der Waals surface area contributed by atoms with Gasteiger partial charge in [0.25, 0.3) is 5.56 Å². The van der Waals surface area contributed by atoms with E-state index in [-0.39, 0.29) is 24.7 Å². The maximum absolute atomic E-state index is 13.3. The van der Waals surface area contributed by atoms with Gasteiger partial charge in [-0.25, -0.2) is 4.39 Å². The summed E-state index contributed by atoms with van der Waals surface area (Å²) in [4.78, 5) is 21.8. The number of thiocarbonyl (C=S) groups is 1. The highest BCUT2D eigenvalue weighted by molar-refractivity contribution is 7.80. The van der Waals surface area contributed by atoms with E-state index in [1.54, 1.807) is 30.6 Å². The average molecular weight is 463 g/mol. The normalized spacial score (nSPS) is 12.0. The number of ether oxygens (including phenoxy) is 2. The largest absolute Gasteiger partial charge is 0.454 e. The van der Waals surface area contributed by atoms with Crippen molar-refractivity contribution in [3.8, 4) is 11.5 Å². The Hall–Kier alpha value is -3.98. The number of fused-ring (bicyclic) bond motifs is 2. The van der Waals surface area contributed by atoms with Crippen LogP contribution >= 0.6 is 12.2 Å². The van der Waals surface area contributed by atoms with E-state index in [0.717, 1.165) is 10.9 Å². The summed E-state index contributed by atoms with van der Waals surface area (Å²) in [6, 6.07) is 15.1. The first-order valence-corrected chi connectivity index (χ1v) is 10.6. The molecule has 0 saturated heterocycles. The predicted molar refractivity (Wildman–Crippen MR) is 127 cm³/mol. The van der Waals surface area contributed by atoms with Crippen molar-refractivity contribution in [1.82, 2.24) is 14.9 Å². The Morgan fingerprint density at radius 1 is 1.12 bits per heavy atom. The SMILES string of the molecule is O=c1[nH]c2cc3c(cc2cc1CN(Cc1cccnc1)C(=S)Nc1ccc(F)cc1)OCO3. The van der Waals surface area contributed by atoms with Crippen molar-refractivity contribution in [2.24, 2.45) is 0 Å². The van der Waals surface area contributed by atoms with Gasteiger partial charge in [-0.1, -0.05) is 6.07 Å². The second kappa shape index (κ2) is 8.87. The molecule has 0 aliphatic carbocycles. The van der Waals surface area contributed by atoms with Gasteiger partial charge >= 0.3 is 0 Å². The smallest absolute Gasteiger partial charge is 0.253 e. The number of hydrogen-bond donors (Lipinski definition) is 2. The van der Waals surface area contributed by atoms with Gasteiger partial charge in [-0.2, -0.15) is 0 Å². The number of aromatic nitrogens is 2.